The predicted octanol–water partition coefficient (Wildman–Crippen LogP) is 4.51. The fourth-order valence-corrected chi connectivity index (χ4v) is 4.08. The third-order valence-corrected chi connectivity index (χ3v) is 5.56. The quantitative estimate of drug-likeness (QED) is 0.302. The molecule has 0 unspecified atom stereocenters. The van der Waals surface area contributed by atoms with Crippen LogP contribution in [0.25, 0.3) is 16.3 Å². The minimum Gasteiger partial charge on any atom is -0.309 e. The van der Waals surface area contributed by atoms with Crippen molar-refractivity contribution >= 4 is 44.4 Å². The number of hydrogen-bond donors (Lipinski definition) is 0. The van der Waals surface area contributed by atoms with Crippen LogP contribution in [0.5, 0.6) is 0 Å². The number of rotatable bonds is 8. The molecule has 0 spiro atoms. The van der Waals surface area contributed by atoms with Gasteiger partial charge >= 0.3 is 0 Å². The van der Waals surface area contributed by atoms with Crippen LogP contribution in [0.3, 0.4) is 0 Å². The van der Waals surface area contributed by atoms with Crippen molar-refractivity contribution in [1.82, 2.24) is 9.88 Å². The van der Waals surface area contributed by atoms with Gasteiger partial charge in [0.05, 0.1) is 15.1 Å². The minimum absolute atomic E-state index is 0.00557. The van der Waals surface area contributed by atoms with Gasteiger partial charge in [0.25, 0.3) is 11.6 Å². The molecule has 0 aliphatic rings. The van der Waals surface area contributed by atoms with Crippen LogP contribution in [0.15, 0.2) is 48.5 Å². The van der Waals surface area contributed by atoms with Gasteiger partial charge in [-0.3, -0.25) is 19.8 Å². The van der Waals surface area contributed by atoms with E-state index in [1.807, 2.05) is 33.2 Å². The van der Waals surface area contributed by atoms with Crippen LogP contribution < -0.4 is 4.90 Å². The van der Waals surface area contributed by atoms with E-state index in [1.54, 1.807) is 23.1 Å². The second-order valence-corrected chi connectivity index (χ2v) is 8.31. The maximum absolute atomic E-state index is 13.0. The molecular formula is C22H24N4O3S. The van der Waals surface area contributed by atoms with Gasteiger partial charge in [-0.05, 0) is 63.3 Å². The number of anilines is 1. The largest absolute Gasteiger partial charge is 0.309 e. The molecule has 0 saturated carbocycles. The highest BCUT2D eigenvalue weighted by atomic mass is 32.1. The lowest BCUT2D eigenvalue weighted by atomic mass is 10.2. The zero-order valence-corrected chi connectivity index (χ0v) is 18.1. The maximum Gasteiger partial charge on any atom is 0.270 e. The van der Waals surface area contributed by atoms with Gasteiger partial charge in [0.2, 0.25) is 0 Å². The Bertz CT molecular complexity index is 1090. The van der Waals surface area contributed by atoms with Crippen molar-refractivity contribution in [1.29, 1.82) is 0 Å². The molecule has 0 aliphatic carbocycles. The molecule has 30 heavy (non-hydrogen) atoms. The number of non-ortho nitro benzene ring substituents is 1. The fraction of sp³-hybridized carbons (Fsp3) is 0.273. The SMILES string of the molecule is Cc1ccc2nc(N(CCCN(C)C)C(=O)/C=C/c3cccc([N+](=O)[O-])c3)sc2c1. The summed E-state index contributed by atoms with van der Waals surface area (Å²) in [5.74, 6) is -0.198. The van der Waals surface area contributed by atoms with Gasteiger partial charge in [-0.25, -0.2) is 4.98 Å². The lowest BCUT2D eigenvalue weighted by molar-refractivity contribution is -0.384. The summed E-state index contributed by atoms with van der Waals surface area (Å²) in [5.41, 5.74) is 2.61. The number of carbonyl (C=O) groups is 1. The summed E-state index contributed by atoms with van der Waals surface area (Å²) in [5, 5.41) is 11.6. The van der Waals surface area contributed by atoms with Crippen molar-refractivity contribution in [3.63, 3.8) is 0 Å². The van der Waals surface area contributed by atoms with Gasteiger partial charge in [-0.2, -0.15) is 0 Å². The van der Waals surface area contributed by atoms with Crippen molar-refractivity contribution in [2.24, 2.45) is 0 Å². The zero-order valence-electron chi connectivity index (χ0n) is 17.2. The number of thiazole rings is 1. The van der Waals surface area contributed by atoms with Crippen LogP contribution >= 0.6 is 11.3 Å². The van der Waals surface area contributed by atoms with E-state index < -0.39 is 4.92 Å². The molecule has 0 fully saturated rings. The first-order chi connectivity index (χ1) is 14.3. The first-order valence-electron chi connectivity index (χ1n) is 9.59. The summed E-state index contributed by atoms with van der Waals surface area (Å²) in [6, 6.07) is 12.2. The second-order valence-electron chi connectivity index (χ2n) is 7.30. The molecule has 3 rings (SSSR count). The van der Waals surface area contributed by atoms with Gasteiger partial charge in [0.15, 0.2) is 5.13 Å². The van der Waals surface area contributed by atoms with Crippen molar-refractivity contribution in [3.05, 3.63) is 69.8 Å². The number of amides is 1. The van der Waals surface area contributed by atoms with E-state index in [0.717, 1.165) is 28.7 Å². The van der Waals surface area contributed by atoms with Gasteiger partial charge in [-0.15, -0.1) is 0 Å². The number of benzene rings is 2. The van der Waals surface area contributed by atoms with Crippen LogP contribution in [0, 0.1) is 17.0 Å². The van der Waals surface area contributed by atoms with Crippen LogP contribution in [-0.4, -0.2) is 47.9 Å². The number of carbonyl (C=O) groups excluding carboxylic acids is 1. The molecule has 0 radical (unpaired) electrons. The first-order valence-corrected chi connectivity index (χ1v) is 10.4. The average Bonchev–Trinajstić information content (AvgIpc) is 3.12. The van der Waals surface area contributed by atoms with Gasteiger partial charge in [0.1, 0.15) is 0 Å². The normalized spacial score (nSPS) is 11.5. The van der Waals surface area contributed by atoms with E-state index in [2.05, 4.69) is 16.0 Å². The molecule has 0 saturated heterocycles. The number of fused-ring (bicyclic) bond motifs is 1. The Hall–Kier alpha value is -3.10. The molecule has 7 nitrogen and oxygen atoms in total. The average molecular weight is 425 g/mol. The molecule has 3 aromatic rings. The molecule has 0 atom stereocenters. The van der Waals surface area contributed by atoms with Crippen molar-refractivity contribution < 1.29 is 9.72 Å². The summed E-state index contributed by atoms with van der Waals surface area (Å²) in [7, 11) is 3.99. The molecule has 1 aromatic heterocycles. The zero-order chi connectivity index (χ0) is 21.7. The monoisotopic (exact) mass is 424 g/mol. The van der Waals surface area contributed by atoms with Crippen LogP contribution in [0.1, 0.15) is 17.5 Å². The van der Waals surface area contributed by atoms with Crippen LogP contribution in [-0.2, 0) is 4.79 Å². The number of nitrogens with zero attached hydrogens (tertiary/aromatic N) is 4. The smallest absolute Gasteiger partial charge is 0.270 e. The highest BCUT2D eigenvalue weighted by Gasteiger charge is 2.18. The number of hydrogen-bond acceptors (Lipinski definition) is 6. The Balaban J connectivity index is 1.85. The topological polar surface area (TPSA) is 79.6 Å². The summed E-state index contributed by atoms with van der Waals surface area (Å²) in [4.78, 5) is 31.9. The maximum atomic E-state index is 13.0. The van der Waals surface area contributed by atoms with Crippen molar-refractivity contribution in [3.8, 4) is 0 Å². The summed E-state index contributed by atoms with van der Waals surface area (Å²) in [6.07, 6.45) is 3.86. The van der Waals surface area contributed by atoms with Crippen LogP contribution in [0.4, 0.5) is 10.8 Å². The Morgan fingerprint density at radius 2 is 2.00 bits per heavy atom. The number of nitro groups is 1. The standard InChI is InChI=1S/C22H24N4O3S/c1-16-8-10-19-20(14-16)30-22(23-19)25(13-5-12-24(2)3)21(27)11-9-17-6-4-7-18(15-17)26(28)29/h4,6-11,14-15H,5,12-13H2,1-3H3/b11-9+. The van der Waals surface area contributed by atoms with Crippen molar-refractivity contribution in [2.75, 3.05) is 32.1 Å². The molecule has 1 amide bonds. The Morgan fingerprint density at radius 1 is 1.20 bits per heavy atom. The number of nitro benzene ring substituents is 1. The molecule has 2 aromatic carbocycles. The Labute approximate surface area is 179 Å². The van der Waals surface area contributed by atoms with E-state index in [-0.39, 0.29) is 11.6 Å². The number of aryl methyl sites for hydroxylation is 1. The fourth-order valence-electron chi connectivity index (χ4n) is 2.98. The molecule has 0 N–H and O–H groups in total. The van der Waals surface area contributed by atoms with E-state index in [0.29, 0.717) is 17.2 Å². The van der Waals surface area contributed by atoms with Crippen molar-refractivity contribution in [2.45, 2.75) is 13.3 Å². The predicted molar refractivity (Wildman–Crippen MR) is 122 cm³/mol. The molecule has 8 heteroatoms. The van der Waals surface area contributed by atoms with E-state index in [1.165, 1.54) is 29.5 Å². The molecular weight excluding hydrogens is 400 g/mol. The summed E-state index contributed by atoms with van der Waals surface area (Å²) >= 11 is 1.49. The highest BCUT2D eigenvalue weighted by molar-refractivity contribution is 7.22. The van der Waals surface area contributed by atoms with E-state index in [4.69, 9.17) is 0 Å². The molecule has 156 valence electrons. The molecule has 0 bridgehead atoms. The third kappa shape index (κ3) is 5.49. The minimum atomic E-state index is -0.449. The molecule has 1 heterocycles. The van der Waals surface area contributed by atoms with E-state index >= 15 is 0 Å². The summed E-state index contributed by atoms with van der Waals surface area (Å²) < 4.78 is 1.04. The third-order valence-electron chi connectivity index (χ3n) is 4.52. The highest BCUT2D eigenvalue weighted by Crippen LogP contribution is 2.30. The Kier molecular flexibility index (Phi) is 6.91. The van der Waals surface area contributed by atoms with Crippen LogP contribution in [0.2, 0.25) is 0 Å². The van der Waals surface area contributed by atoms with Gasteiger partial charge < -0.3 is 4.90 Å². The van der Waals surface area contributed by atoms with Gasteiger partial charge in [-0.1, -0.05) is 29.5 Å². The van der Waals surface area contributed by atoms with E-state index in [9.17, 15) is 14.9 Å². The Morgan fingerprint density at radius 3 is 2.73 bits per heavy atom. The lowest BCUT2D eigenvalue weighted by Gasteiger charge is -2.19. The lowest BCUT2D eigenvalue weighted by Crippen LogP contribution is -2.32. The first kappa shape index (κ1) is 21.6. The second kappa shape index (κ2) is 9.60. The van der Waals surface area contributed by atoms with Gasteiger partial charge in [0, 0.05) is 24.8 Å². The molecule has 0 aliphatic heterocycles. The number of aromatic nitrogens is 1. The summed E-state index contributed by atoms with van der Waals surface area (Å²) in [6.45, 7) is 3.41.